The van der Waals surface area contributed by atoms with Crippen molar-refractivity contribution in [3.05, 3.63) is 23.7 Å². The topological polar surface area (TPSA) is 87.7 Å². The molecule has 1 rings (SSSR count). The van der Waals surface area contributed by atoms with E-state index in [1.807, 2.05) is 0 Å². The van der Waals surface area contributed by atoms with Crippen LogP contribution >= 0.6 is 0 Å². The van der Waals surface area contributed by atoms with Crippen molar-refractivity contribution in [2.24, 2.45) is 0 Å². The van der Waals surface area contributed by atoms with Crippen LogP contribution in [0, 0.1) is 0 Å². The Balaban J connectivity index is 2.53. The van der Waals surface area contributed by atoms with E-state index < -0.39 is 11.9 Å². The van der Waals surface area contributed by atoms with Gasteiger partial charge >= 0.3 is 11.9 Å². The fraction of sp³-hybridized carbons (Fsp3) is 0.400. The highest BCUT2D eigenvalue weighted by molar-refractivity contribution is 5.67. The van der Waals surface area contributed by atoms with Gasteiger partial charge in [-0.05, 0) is 18.1 Å². The normalized spacial score (nSPS) is 10.1. The lowest BCUT2D eigenvalue weighted by Gasteiger charge is -1.98. The summed E-state index contributed by atoms with van der Waals surface area (Å²) in [5, 5.41) is 17.0. The van der Waals surface area contributed by atoms with Crippen LogP contribution in [-0.2, 0) is 22.4 Å². The highest BCUT2D eigenvalue weighted by atomic mass is 16.4. The van der Waals surface area contributed by atoms with Crippen molar-refractivity contribution in [3.63, 3.8) is 0 Å². The molecule has 0 aliphatic heterocycles. The molecule has 0 aromatic carbocycles. The van der Waals surface area contributed by atoms with Crippen molar-refractivity contribution in [1.29, 1.82) is 0 Å². The maximum absolute atomic E-state index is 10.3. The highest BCUT2D eigenvalue weighted by Crippen LogP contribution is 2.14. The minimum Gasteiger partial charge on any atom is -0.481 e. The van der Waals surface area contributed by atoms with Gasteiger partial charge in [-0.2, -0.15) is 0 Å². The maximum atomic E-state index is 10.3. The van der Waals surface area contributed by atoms with Crippen molar-refractivity contribution >= 4 is 11.9 Å². The number of hydrogen-bond donors (Lipinski definition) is 2. The Bertz CT molecular complexity index is 320. The second-order valence-corrected chi connectivity index (χ2v) is 3.16. The first-order valence-corrected chi connectivity index (χ1v) is 4.58. The molecule has 0 aliphatic rings. The second-order valence-electron chi connectivity index (χ2n) is 3.16. The number of aliphatic carboxylic acids is 2. The van der Waals surface area contributed by atoms with E-state index >= 15 is 0 Å². The second kappa shape index (κ2) is 5.19. The fourth-order valence-corrected chi connectivity index (χ4v) is 1.27. The van der Waals surface area contributed by atoms with Crippen molar-refractivity contribution < 1.29 is 24.2 Å². The summed E-state index contributed by atoms with van der Waals surface area (Å²) in [7, 11) is 0. The van der Waals surface area contributed by atoms with Gasteiger partial charge in [-0.15, -0.1) is 0 Å². The quantitative estimate of drug-likeness (QED) is 0.742. The zero-order valence-electron chi connectivity index (χ0n) is 8.10. The predicted molar refractivity (Wildman–Crippen MR) is 50.6 cm³/mol. The Labute approximate surface area is 86.3 Å². The van der Waals surface area contributed by atoms with E-state index in [9.17, 15) is 9.59 Å². The molecule has 0 fully saturated rings. The van der Waals surface area contributed by atoms with E-state index in [2.05, 4.69) is 0 Å². The molecule has 0 aliphatic carbocycles. The zero-order chi connectivity index (χ0) is 11.3. The third-order valence-corrected chi connectivity index (χ3v) is 2.01. The molecule has 0 spiro atoms. The molecular weight excluding hydrogens is 200 g/mol. The number of carboxylic acids is 2. The van der Waals surface area contributed by atoms with E-state index in [-0.39, 0.29) is 12.8 Å². The fourth-order valence-electron chi connectivity index (χ4n) is 1.27. The number of carboxylic acid groups (broad SMARTS) is 2. The van der Waals surface area contributed by atoms with Crippen molar-refractivity contribution in [3.8, 4) is 0 Å². The van der Waals surface area contributed by atoms with Gasteiger partial charge in [-0.3, -0.25) is 9.59 Å². The number of aryl methyl sites for hydroxylation is 2. The molecule has 5 nitrogen and oxygen atoms in total. The lowest BCUT2D eigenvalue weighted by molar-refractivity contribution is -0.138. The Morgan fingerprint density at radius 1 is 1.13 bits per heavy atom. The van der Waals surface area contributed by atoms with Crippen molar-refractivity contribution in [2.45, 2.75) is 25.7 Å². The molecule has 82 valence electrons. The van der Waals surface area contributed by atoms with Gasteiger partial charge in [-0.25, -0.2) is 0 Å². The summed E-state index contributed by atoms with van der Waals surface area (Å²) in [6.45, 7) is 0. The Kier molecular flexibility index (Phi) is 3.91. The van der Waals surface area contributed by atoms with Crippen LogP contribution in [0.5, 0.6) is 0 Å². The van der Waals surface area contributed by atoms with Crippen LogP contribution in [0.2, 0.25) is 0 Å². The van der Waals surface area contributed by atoms with Gasteiger partial charge in [0.2, 0.25) is 0 Å². The van der Waals surface area contributed by atoms with Gasteiger partial charge in [-0.1, -0.05) is 0 Å². The Morgan fingerprint density at radius 2 is 1.73 bits per heavy atom. The highest BCUT2D eigenvalue weighted by Gasteiger charge is 2.09. The summed E-state index contributed by atoms with van der Waals surface area (Å²) in [6.07, 6.45) is 2.15. The van der Waals surface area contributed by atoms with E-state index in [4.69, 9.17) is 14.6 Å². The Hall–Kier alpha value is -1.78. The number of furan rings is 1. The number of rotatable bonds is 6. The summed E-state index contributed by atoms with van der Waals surface area (Å²) in [5.41, 5.74) is 0.777. The van der Waals surface area contributed by atoms with Crippen LogP contribution in [0.3, 0.4) is 0 Å². The van der Waals surface area contributed by atoms with Gasteiger partial charge < -0.3 is 14.6 Å². The van der Waals surface area contributed by atoms with Crippen molar-refractivity contribution in [2.75, 3.05) is 0 Å². The lowest BCUT2D eigenvalue weighted by atomic mass is 10.1. The van der Waals surface area contributed by atoms with Crippen LogP contribution in [0.25, 0.3) is 0 Å². The van der Waals surface area contributed by atoms with Gasteiger partial charge in [0, 0.05) is 12.8 Å². The first-order valence-electron chi connectivity index (χ1n) is 4.58. The molecule has 0 saturated heterocycles. The van der Waals surface area contributed by atoms with E-state index in [1.165, 1.54) is 6.26 Å². The van der Waals surface area contributed by atoms with E-state index in [0.717, 1.165) is 5.56 Å². The minimum absolute atomic E-state index is 0.00636. The van der Waals surface area contributed by atoms with Crippen LogP contribution in [0.1, 0.15) is 24.2 Å². The summed E-state index contributed by atoms with van der Waals surface area (Å²) in [5.74, 6) is -1.20. The molecule has 0 saturated carbocycles. The average Bonchev–Trinajstić information content (AvgIpc) is 2.58. The molecule has 1 heterocycles. The molecular formula is C10H12O5. The van der Waals surface area contributed by atoms with Crippen LogP contribution in [0.15, 0.2) is 16.7 Å². The molecule has 1 aromatic heterocycles. The number of carbonyl (C=O) groups is 2. The third kappa shape index (κ3) is 3.84. The molecule has 0 atom stereocenters. The monoisotopic (exact) mass is 212 g/mol. The summed E-state index contributed by atoms with van der Waals surface area (Å²) >= 11 is 0. The predicted octanol–water partition coefficient (Wildman–Crippen LogP) is 1.31. The first kappa shape index (κ1) is 11.3. The smallest absolute Gasteiger partial charge is 0.303 e. The van der Waals surface area contributed by atoms with Gasteiger partial charge in [0.1, 0.15) is 5.76 Å². The van der Waals surface area contributed by atoms with Gasteiger partial charge in [0.15, 0.2) is 0 Å². The average molecular weight is 212 g/mol. The Morgan fingerprint density at radius 3 is 2.33 bits per heavy atom. The maximum Gasteiger partial charge on any atom is 0.303 e. The third-order valence-electron chi connectivity index (χ3n) is 2.01. The van der Waals surface area contributed by atoms with Crippen LogP contribution in [0.4, 0.5) is 0 Å². The molecule has 0 radical (unpaired) electrons. The van der Waals surface area contributed by atoms with Crippen LogP contribution < -0.4 is 0 Å². The summed E-state index contributed by atoms with van der Waals surface area (Å²) in [4.78, 5) is 20.7. The van der Waals surface area contributed by atoms with E-state index in [0.29, 0.717) is 18.6 Å². The van der Waals surface area contributed by atoms with Crippen LogP contribution in [-0.4, -0.2) is 22.2 Å². The first-order chi connectivity index (χ1) is 7.09. The molecule has 0 amide bonds. The lowest BCUT2D eigenvalue weighted by Crippen LogP contribution is -2.01. The van der Waals surface area contributed by atoms with Crippen molar-refractivity contribution in [1.82, 2.24) is 0 Å². The molecule has 0 bridgehead atoms. The van der Waals surface area contributed by atoms with E-state index in [1.54, 1.807) is 6.07 Å². The number of hydrogen-bond acceptors (Lipinski definition) is 3. The summed E-state index contributed by atoms with van der Waals surface area (Å²) < 4.78 is 5.09. The SMILES string of the molecule is O=C(O)CCc1ccoc1CCC(=O)O. The molecule has 15 heavy (non-hydrogen) atoms. The van der Waals surface area contributed by atoms with Gasteiger partial charge in [0.05, 0.1) is 12.7 Å². The standard InChI is InChI=1S/C10H12O5/c11-9(12)3-1-7-5-6-15-8(7)2-4-10(13)14/h5-6H,1-4H2,(H,11,12)(H,13,14). The largest absolute Gasteiger partial charge is 0.481 e. The van der Waals surface area contributed by atoms with Gasteiger partial charge in [0.25, 0.3) is 0 Å². The molecule has 5 heteroatoms. The minimum atomic E-state index is -0.893. The zero-order valence-corrected chi connectivity index (χ0v) is 8.10. The molecule has 2 N–H and O–H groups in total. The molecule has 0 unspecified atom stereocenters. The molecule has 1 aromatic rings. The summed E-state index contributed by atoms with van der Waals surface area (Å²) in [6, 6.07) is 1.68.